The second kappa shape index (κ2) is 5.47. The van der Waals surface area contributed by atoms with Crippen molar-refractivity contribution in [1.82, 2.24) is 9.97 Å². The highest BCUT2D eigenvalue weighted by atomic mass is 16.1. The molecule has 0 radical (unpaired) electrons. The number of benzene rings is 1. The fourth-order valence-corrected chi connectivity index (χ4v) is 3.65. The van der Waals surface area contributed by atoms with Gasteiger partial charge >= 0.3 is 0 Å². The Labute approximate surface area is 125 Å². The van der Waals surface area contributed by atoms with Crippen LogP contribution in [0.1, 0.15) is 55.3 Å². The van der Waals surface area contributed by atoms with Crippen molar-refractivity contribution in [2.24, 2.45) is 0 Å². The predicted octanol–water partition coefficient (Wildman–Crippen LogP) is 3.50. The number of rotatable bonds is 3. The fraction of sp³-hybridized carbons (Fsp3) is 0.444. The average molecular weight is 282 g/mol. The van der Waals surface area contributed by atoms with E-state index < -0.39 is 0 Å². The Morgan fingerprint density at radius 3 is 2.43 bits per heavy atom. The molecule has 0 saturated heterocycles. The molecular formula is C18H22N2O. The molecule has 21 heavy (non-hydrogen) atoms. The van der Waals surface area contributed by atoms with E-state index in [1.165, 1.54) is 18.4 Å². The van der Waals surface area contributed by atoms with Gasteiger partial charge in [0.15, 0.2) is 0 Å². The van der Waals surface area contributed by atoms with Gasteiger partial charge in [-0.05, 0) is 31.7 Å². The lowest BCUT2D eigenvalue weighted by Gasteiger charge is -2.29. The van der Waals surface area contributed by atoms with E-state index in [2.05, 4.69) is 29.2 Å². The van der Waals surface area contributed by atoms with E-state index >= 15 is 0 Å². The quantitative estimate of drug-likeness (QED) is 0.936. The number of H-pyrrole nitrogens is 1. The van der Waals surface area contributed by atoms with Crippen molar-refractivity contribution in [3.63, 3.8) is 0 Å². The van der Waals surface area contributed by atoms with Crippen molar-refractivity contribution in [2.45, 2.75) is 51.4 Å². The Morgan fingerprint density at radius 2 is 1.86 bits per heavy atom. The summed E-state index contributed by atoms with van der Waals surface area (Å²) in [7, 11) is 0. The van der Waals surface area contributed by atoms with Gasteiger partial charge < -0.3 is 4.98 Å². The number of aromatic amines is 1. The molecule has 1 fully saturated rings. The first kappa shape index (κ1) is 14.1. The van der Waals surface area contributed by atoms with Crippen molar-refractivity contribution in [3.05, 3.63) is 63.3 Å². The standard InChI is InChI=1S/C18H22N2O/c1-3-15-13(2)19-17(20-16(15)21)18(11-7-8-12-18)14-9-5-4-6-10-14/h4-6,9-10H,3,7-8,11-12H2,1-2H3,(H,19,20,21). The van der Waals surface area contributed by atoms with Gasteiger partial charge in [-0.3, -0.25) is 4.79 Å². The molecular weight excluding hydrogens is 260 g/mol. The third-order valence-electron chi connectivity index (χ3n) is 4.81. The second-order valence-electron chi connectivity index (χ2n) is 5.99. The molecule has 3 nitrogen and oxygen atoms in total. The summed E-state index contributed by atoms with van der Waals surface area (Å²) < 4.78 is 0. The zero-order valence-corrected chi connectivity index (χ0v) is 12.8. The Hall–Kier alpha value is -1.90. The largest absolute Gasteiger partial charge is 0.310 e. The van der Waals surface area contributed by atoms with Crippen LogP contribution < -0.4 is 5.56 Å². The van der Waals surface area contributed by atoms with Gasteiger partial charge in [0.1, 0.15) is 5.82 Å². The Balaban J connectivity index is 2.18. The summed E-state index contributed by atoms with van der Waals surface area (Å²) in [6.07, 6.45) is 5.23. The van der Waals surface area contributed by atoms with Gasteiger partial charge in [0.05, 0.1) is 5.41 Å². The number of aromatic nitrogens is 2. The number of hydrogen-bond donors (Lipinski definition) is 1. The second-order valence-corrected chi connectivity index (χ2v) is 5.99. The van der Waals surface area contributed by atoms with Crippen molar-refractivity contribution in [2.75, 3.05) is 0 Å². The zero-order chi connectivity index (χ0) is 14.9. The van der Waals surface area contributed by atoms with Crippen molar-refractivity contribution < 1.29 is 0 Å². The molecule has 1 aromatic heterocycles. The van der Waals surface area contributed by atoms with E-state index in [4.69, 9.17) is 4.98 Å². The van der Waals surface area contributed by atoms with Crippen LogP contribution in [0.15, 0.2) is 35.1 Å². The molecule has 0 amide bonds. The molecule has 0 aliphatic heterocycles. The molecule has 2 aromatic rings. The van der Waals surface area contributed by atoms with Crippen LogP contribution in [0, 0.1) is 6.92 Å². The minimum atomic E-state index is -0.114. The van der Waals surface area contributed by atoms with E-state index in [1.807, 2.05) is 19.9 Å². The smallest absolute Gasteiger partial charge is 0.254 e. The predicted molar refractivity (Wildman–Crippen MR) is 84.7 cm³/mol. The Morgan fingerprint density at radius 1 is 1.19 bits per heavy atom. The van der Waals surface area contributed by atoms with Crippen LogP contribution in [-0.2, 0) is 11.8 Å². The van der Waals surface area contributed by atoms with E-state index in [-0.39, 0.29) is 11.0 Å². The number of nitrogens with one attached hydrogen (secondary N) is 1. The lowest BCUT2D eigenvalue weighted by molar-refractivity contribution is 0.494. The minimum absolute atomic E-state index is 0.0298. The molecule has 1 aromatic carbocycles. The topological polar surface area (TPSA) is 45.8 Å². The highest BCUT2D eigenvalue weighted by molar-refractivity contribution is 5.35. The van der Waals surface area contributed by atoms with Gasteiger partial charge in [-0.2, -0.15) is 0 Å². The lowest BCUT2D eigenvalue weighted by Crippen LogP contribution is -2.31. The van der Waals surface area contributed by atoms with Gasteiger partial charge in [0.2, 0.25) is 0 Å². The van der Waals surface area contributed by atoms with Crippen LogP contribution >= 0.6 is 0 Å². The average Bonchev–Trinajstić information content (AvgIpc) is 2.98. The maximum atomic E-state index is 12.3. The molecule has 110 valence electrons. The van der Waals surface area contributed by atoms with Crippen LogP contribution in [0.3, 0.4) is 0 Å². The van der Waals surface area contributed by atoms with Crippen LogP contribution in [0.5, 0.6) is 0 Å². The summed E-state index contributed by atoms with van der Waals surface area (Å²) in [4.78, 5) is 20.2. The fourth-order valence-electron chi connectivity index (χ4n) is 3.65. The van der Waals surface area contributed by atoms with Gasteiger partial charge in [0, 0.05) is 11.3 Å². The van der Waals surface area contributed by atoms with Crippen LogP contribution in [0.4, 0.5) is 0 Å². The molecule has 1 saturated carbocycles. The summed E-state index contributed by atoms with van der Waals surface area (Å²) in [6, 6.07) is 10.5. The van der Waals surface area contributed by atoms with Crippen LogP contribution in [-0.4, -0.2) is 9.97 Å². The maximum absolute atomic E-state index is 12.3. The van der Waals surface area contributed by atoms with Crippen molar-refractivity contribution >= 4 is 0 Å². The van der Waals surface area contributed by atoms with Gasteiger partial charge in [-0.15, -0.1) is 0 Å². The monoisotopic (exact) mass is 282 g/mol. The SMILES string of the molecule is CCc1c(C)nc(C2(c3ccccc3)CCCC2)[nH]c1=O. The van der Waals surface area contributed by atoms with Crippen LogP contribution in [0.2, 0.25) is 0 Å². The molecule has 3 heteroatoms. The maximum Gasteiger partial charge on any atom is 0.254 e. The summed E-state index contributed by atoms with van der Waals surface area (Å²) >= 11 is 0. The van der Waals surface area contributed by atoms with Crippen molar-refractivity contribution in [1.29, 1.82) is 0 Å². The normalized spacial score (nSPS) is 17.0. The number of aryl methyl sites for hydroxylation is 1. The van der Waals surface area contributed by atoms with Gasteiger partial charge in [-0.1, -0.05) is 50.1 Å². The number of nitrogens with zero attached hydrogens (tertiary/aromatic N) is 1. The third-order valence-corrected chi connectivity index (χ3v) is 4.81. The molecule has 0 bridgehead atoms. The van der Waals surface area contributed by atoms with E-state index in [0.29, 0.717) is 0 Å². The first-order valence-electron chi connectivity index (χ1n) is 7.83. The van der Waals surface area contributed by atoms with Gasteiger partial charge in [0.25, 0.3) is 5.56 Å². The molecule has 1 aliphatic carbocycles. The molecule has 0 spiro atoms. The first-order valence-corrected chi connectivity index (χ1v) is 7.83. The zero-order valence-electron chi connectivity index (χ0n) is 12.8. The molecule has 0 unspecified atom stereocenters. The van der Waals surface area contributed by atoms with Crippen LogP contribution in [0.25, 0.3) is 0 Å². The Bertz CT molecular complexity index is 682. The van der Waals surface area contributed by atoms with Gasteiger partial charge in [-0.25, -0.2) is 4.98 Å². The molecule has 3 rings (SSSR count). The summed E-state index contributed by atoms with van der Waals surface area (Å²) in [6.45, 7) is 3.95. The van der Waals surface area contributed by atoms with Crippen molar-refractivity contribution in [3.8, 4) is 0 Å². The summed E-state index contributed by atoms with van der Waals surface area (Å²) in [5, 5.41) is 0. The highest BCUT2D eigenvalue weighted by Crippen LogP contribution is 2.44. The minimum Gasteiger partial charge on any atom is -0.310 e. The third kappa shape index (κ3) is 2.31. The van der Waals surface area contributed by atoms with E-state index in [0.717, 1.165) is 36.3 Å². The lowest BCUT2D eigenvalue weighted by atomic mass is 9.78. The molecule has 1 N–H and O–H groups in total. The number of hydrogen-bond acceptors (Lipinski definition) is 2. The first-order chi connectivity index (χ1) is 10.2. The van der Waals surface area contributed by atoms with E-state index in [1.54, 1.807) is 0 Å². The summed E-state index contributed by atoms with van der Waals surface area (Å²) in [5.41, 5.74) is 2.87. The molecule has 1 heterocycles. The highest BCUT2D eigenvalue weighted by Gasteiger charge is 2.39. The van der Waals surface area contributed by atoms with E-state index in [9.17, 15) is 4.79 Å². The Kier molecular flexibility index (Phi) is 3.66. The molecule has 0 atom stereocenters. The molecule has 1 aliphatic rings. The summed E-state index contributed by atoms with van der Waals surface area (Å²) in [5.74, 6) is 0.853.